The third kappa shape index (κ3) is 4.99. The molecule has 1 amide bonds. The van der Waals surface area contributed by atoms with Crippen LogP contribution in [0.3, 0.4) is 0 Å². The Hall–Kier alpha value is -5.09. The van der Waals surface area contributed by atoms with Crippen molar-refractivity contribution in [1.29, 1.82) is 0 Å². The van der Waals surface area contributed by atoms with E-state index in [0.717, 1.165) is 71.1 Å². The average molecular weight is 617 g/mol. The van der Waals surface area contributed by atoms with Crippen molar-refractivity contribution in [3.8, 4) is 34.0 Å². The van der Waals surface area contributed by atoms with Crippen molar-refractivity contribution in [1.82, 2.24) is 30.6 Å². The number of benzene rings is 3. The lowest BCUT2D eigenvalue weighted by atomic mass is 9.81. The molecule has 0 bridgehead atoms. The zero-order valence-corrected chi connectivity index (χ0v) is 25.5. The number of rotatable bonds is 2. The van der Waals surface area contributed by atoms with Crippen LogP contribution in [0.25, 0.3) is 22.5 Å². The fourth-order valence-corrected chi connectivity index (χ4v) is 7.16. The second-order valence-electron chi connectivity index (χ2n) is 12.3. The first-order valence-corrected chi connectivity index (χ1v) is 16.0. The van der Waals surface area contributed by atoms with Gasteiger partial charge in [-0.05, 0) is 42.9 Å². The molecule has 0 saturated carbocycles. The van der Waals surface area contributed by atoms with Crippen LogP contribution in [0.4, 0.5) is 4.79 Å². The summed E-state index contributed by atoms with van der Waals surface area (Å²) >= 11 is 0. The number of carbonyl (C=O) groups is 1. The summed E-state index contributed by atoms with van der Waals surface area (Å²) in [6.45, 7) is 3.44. The van der Waals surface area contributed by atoms with Gasteiger partial charge in [0.05, 0.1) is 23.8 Å². The van der Waals surface area contributed by atoms with Crippen LogP contribution in [-0.2, 0) is 22.5 Å². The molecule has 0 atom stereocenters. The largest absolute Gasteiger partial charge is 0.482 e. The van der Waals surface area contributed by atoms with E-state index >= 15 is 0 Å². The predicted molar refractivity (Wildman–Crippen MR) is 172 cm³/mol. The maximum Gasteiger partial charge on any atom is 0.410 e. The van der Waals surface area contributed by atoms with Gasteiger partial charge in [-0.25, -0.2) is 4.79 Å². The number of para-hydroxylation sites is 2. The highest BCUT2D eigenvalue weighted by atomic mass is 16.6. The predicted octanol–water partition coefficient (Wildman–Crippen LogP) is 6.14. The smallest absolute Gasteiger partial charge is 0.410 e. The van der Waals surface area contributed by atoms with Crippen LogP contribution >= 0.6 is 0 Å². The molecule has 6 heterocycles. The fourth-order valence-electron chi connectivity index (χ4n) is 7.16. The highest BCUT2D eigenvalue weighted by Crippen LogP contribution is 2.49. The summed E-state index contributed by atoms with van der Waals surface area (Å²) in [7, 11) is 0. The molecule has 2 aromatic heterocycles. The van der Waals surface area contributed by atoms with Gasteiger partial charge in [0.1, 0.15) is 29.3 Å². The number of fused-ring (bicyclic) bond motifs is 8. The number of carbonyl (C=O) groups excluding carboxylic acids is 1. The number of amides is 1. The second kappa shape index (κ2) is 11.7. The van der Waals surface area contributed by atoms with E-state index in [2.05, 4.69) is 31.8 Å². The minimum Gasteiger partial charge on any atom is -0.482 e. The van der Waals surface area contributed by atoms with E-state index < -0.39 is 5.60 Å². The van der Waals surface area contributed by atoms with Crippen LogP contribution in [0.15, 0.2) is 91.3 Å². The van der Waals surface area contributed by atoms with Crippen molar-refractivity contribution in [3.05, 3.63) is 108 Å². The summed E-state index contributed by atoms with van der Waals surface area (Å²) in [6.07, 6.45) is 6.90. The molecule has 3 N–H and O–H groups in total. The van der Waals surface area contributed by atoms with Gasteiger partial charge in [0, 0.05) is 61.0 Å². The van der Waals surface area contributed by atoms with Gasteiger partial charge in [0.15, 0.2) is 0 Å². The quantitative estimate of drug-likeness (QED) is 0.218. The Morgan fingerprint density at radius 2 is 1.24 bits per heavy atom. The molecule has 10 nitrogen and oxygen atoms in total. The van der Waals surface area contributed by atoms with Crippen LogP contribution in [0.2, 0.25) is 0 Å². The Balaban J connectivity index is 0.000000149. The van der Waals surface area contributed by atoms with Crippen molar-refractivity contribution >= 4 is 6.09 Å². The van der Waals surface area contributed by atoms with Gasteiger partial charge in [-0.1, -0.05) is 54.6 Å². The maximum absolute atomic E-state index is 12.5. The van der Waals surface area contributed by atoms with E-state index in [0.29, 0.717) is 25.9 Å². The Morgan fingerprint density at radius 3 is 1.83 bits per heavy atom. The van der Waals surface area contributed by atoms with E-state index in [1.807, 2.05) is 85.2 Å². The summed E-state index contributed by atoms with van der Waals surface area (Å²) in [6, 6.07) is 25.9. The number of hydrogen-bond acceptors (Lipinski definition) is 7. The van der Waals surface area contributed by atoms with Gasteiger partial charge < -0.3 is 24.4 Å². The van der Waals surface area contributed by atoms with Gasteiger partial charge in [0.25, 0.3) is 0 Å². The van der Waals surface area contributed by atoms with Gasteiger partial charge in [-0.15, -0.1) is 0 Å². The lowest BCUT2D eigenvalue weighted by Gasteiger charge is -2.43. The van der Waals surface area contributed by atoms with Crippen molar-refractivity contribution in [2.24, 2.45) is 0 Å². The third-order valence-corrected chi connectivity index (χ3v) is 9.63. The van der Waals surface area contributed by atoms with Gasteiger partial charge in [0.2, 0.25) is 0 Å². The molecule has 0 aliphatic carbocycles. The number of aromatic nitrogens is 4. The number of hydrogen-bond donors (Lipinski definition) is 3. The van der Waals surface area contributed by atoms with Crippen molar-refractivity contribution in [2.75, 3.05) is 26.2 Å². The molecule has 4 aliphatic heterocycles. The van der Waals surface area contributed by atoms with Gasteiger partial charge >= 0.3 is 6.09 Å². The fraction of sp³-hybridized carbons (Fsp3) is 0.306. The molecule has 0 unspecified atom stereocenters. The van der Waals surface area contributed by atoms with E-state index in [1.165, 1.54) is 5.56 Å². The first-order valence-electron chi connectivity index (χ1n) is 16.0. The summed E-state index contributed by atoms with van der Waals surface area (Å²) < 4.78 is 18.3. The highest BCUT2D eigenvalue weighted by Gasteiger charge is 2.46. The molecule has 46 heavy (non-hydrogen) atoms. The zero-order chi connectivity index (χ0) is 31.0. The number of ether oxygens (including phenoxy) is 3. The highest BCUT2D eigenvalue weighted by molar-refractivity contribution is 5.74. The van der Waals surface area contributed by atoms with E-state index in [-0.39, 0.29) is 18.3 Å². The Kier molecular flexibility index (Phi) is 7.21. The summed E-state index contributed by atoms with van der Waals surface area (Å²) in [5.41, 5.74) is 6.92. The molecule has 0 radical (unpaired) electrons. The summed E-state index contributed by atoms with van der Waals surface area (Å²) in [4.78, 5) is 14.2. The van der Waals surface area contributed by atoms with E-state index in [1.54, 1.807) is 4.90 Å². The first-order chi connectivity index (χ1) is 22.6. The van der Waals surface area contributed by atoms with E-state index in [4.69, 9.17) is 14.2 Å². The number of H-pyrrole nitrogens is 2. The van der Waals surface area contributed by atoms with Crippen LogP contribution in [0.1, 0.15) is 42.4 Å². The molecule has 4 aliphatic rings. The maximum atomic E-state index is 12.5. The summed E-state index contributed by atoms with van der Waals surface area (Å²) in [5, 5.41) is 18.1. The van der Waals surface area contributed by atoms with Gasteiger partial charge in [-0.3, -0.25) is 10.2 Å². The molecule has 2 spiro atoms. The molecule has 9 rings (SSSR count). The van der Waals surface area contributed by atoms with Crippen molar-refractivity contribution in [3.63, 3.8) is 0 Å². The Labute approximate surface area is 267 Å². The average Bonchev–Trinajstić information content (AvgIpc) is 3.82. The van der Waals surface area contributed by atoms with Gasteiger partial charge in [-0.2, -0.15) is 10.2 Å². The number of nitrogens with one attached hydrogen (secondary N) is 3. The number of likely N-dealkylation sites (tertiary alicyclic amines) is 1. The normalized spacial score (nSPS) is 18.0. The monoisotopic (exact) mass is 616 g/mol. The number of aromatic amines is 2. The van der Waals surface area contributed by atoms with Crippen LogP contribution in [0, 0.1) is 0 Å². The lowest BCUT2D eigenvalue weighted by Crippen LogP contribution is -2.49. The van der Waals surface area contributed by atoms with Crippen molar-refractivity contribution in [2.45, 2.75) is 43.5 Å². The van der Waals surface area contributed by atoms with E-state index in [9.17, 15) is 4.79 Å². The third-order valence-electron chi connectivity index (χ3n) is 9.63. The standard InChI is InChI=1S/C22H21N3O3.C14H15N3O/c26-21(27-15-16-6-2-1-3-7-16)25-12-10-22(11-13-25)18-14-23-24-20(18)17-8-4-5-9-19(17)28-22;1-2-4-12-10(3-1)13-11(9-16-17-13)14(18-12)5-7-15-8-6-14/h1-9,14H,10-13,15H2,(H,23,24);1-4,9,15H,5-8H2,(H,16,17). The minimum absolute atomic E-state index is 0.193. The number of piperidine rings is 2. The van der Waals surface area contributed by atoms with Crippen LogP contribution in [-0.4, -0.2) is 57.6 Å². The van der Waals surface area contributed by atoms with Crippen LogP contribution in [0.5, 0.6) is 11.5 Å². The molecule has 10 heteroatoms. The SMILES string of the molecule is O=C(OCc1ccccc1)N1CCC2(CC1)Oc1ccccc1-c1[nH]ncc12.c1ccc2c(c1)OC1(CCNCC1)c1cn[nH]c1-2. The topological polar surface area (TPSA) is 117 Å². The molecule has 5 aromatic rings. The minimum atomic E-state index is -0.451. The van der Waals surface area contributed by atoms with Crippen LogP contribution < -0.4 is 14.8 Å². The lowest BCUT2D eigenvalue weighted by molar-refractivity contribution is -0.00646. The molecular formula is C36H36N6O4. The molecule has 2 saturated heterocycles. The molecule has 2 fully saturated rings. The molecular weight excluding hydrogens is 580 g/mol. The van der Waals surface area contributed by atoms with Crippen molar-refractivity contribution < 1.29 is 19.0 Å². The molecule has 3 aromatic carbocycles. The zero-order valence-electron chi connectivity index (χ0n) is 25.5. The number of nitrogens with zero attached hydrogens (tertiary/aromatic N) is 3. The Morgan fingerprint density at radius 1 is 0.717 bits per heavy atom. The summed E-state index contributed by atoms with van der Waals surface area (Å²) in [5.74, 6) is 1.83. The molecule has 234 valence electrons. The Bertz CT molecular complexity index is 1840. The second-order valence-corrected chi connectivity index (χ2v) is 12.3. The first kappa shape index (κ1) is 28.4.